The summed E-state index contributed by atoms with van der Waals surface area (Å²) in [6, 6.07) is 0. The van der Waals surface area contributed by atoms with Gasteiger partial charge in [0.1, 0.15) is 6.26 Å². The Bertz CT molecular complexity index is 452. The van der Waals surface area contributed by atoms with Crippen LogP contribution in [0.1, 0.15) is 24.4 Å². The van der Waals surface area contributed by atoms with Gasteiger partial charge in [0.05, 0.1) is 17.2 Å². The summed E-state index contributed by atoms with van der Waals surface area (Å²) in [4.78, 5) is 4.18. The first-order valence-corrected chi connectivity index (χ1v) is 7.25. The molecule has 0 saturated carbocycles. The fraction of sp³-hybridized carbons (Fsp3) is 0.700. The van der Waals surface area contributed by atoms with Crippen LogP contribution in [0.4, 0.5) is 0 Å². The van der Waals surface area contributed by atoms with Gasteiger partial charge in [-0.15, -0.1) is 0 Å². The zero-order valence-electron chi connectivity index (χ0n) is 9.05. The summed E-state index contributed by atoms with van der Waals surface area (Å²) in [7, 11) is -2.84. The number of sulfone groups is 1. The molecule has 16 heavy (non-hydrogen) atoms. The van der Waals surface area contributed by atoms with E-state index in [0.29, 0.717) is 30.3 Å². The molecule has 1 aliphatic rings. The summed E-state index contributed by atoms with van der Waals surface area (Å²) in [6.45, 7) is 0.354. The maximum Gasteiger partial charge on any atom is 0.194 e. The van der Waals surface area contributed by atoms with E-state index >= 15 is 0 Å². The third-order valence-electron chi connectivity index (χ3n) is 2.83. The van der Waals surface area contributed by atoms with Gasteiger partial charge in [-0.1, -0.05) is 0 Å². The van der Waals surface area contributed by atoms with Gasteiger partial charge in [-0.2, -0.15) is 0 Å². The van der Waals surface area contributed by atoms with Gasteiger partial charge in [0.15, 0.2) is 15.7 Å². The molecule has 1 aliphatic heterocycles. The lowest BCUT2D eigenvalue weighted by molar-refractivity contribution is 0.416. The monoisotopic (exact) mass is 244 g/mol. The Morgan fingerprint density at radius 3 is 3.00 bits per heavy atom. The van der Waals surface area contributed by atoms with Gasteiger partial charge in [0.25, 0.3) is 0 Å². The molecular formula is C10H16N2O3S. The first-order chi connectivity index (χ1) is 7.59. The summed E-state index contributed by atoms with van der Waals surface area (Å²) >= 11 is 0. The van der Waals surface area contributed by atoms with E-state index < -0.39 is 9.84 Å². The van der Waals surface area contributed by atoms with Gasteiger partial charge in [-0.05, 0) is 18.8 Å². The lowest BCUT2D eigenvalue weighted by Gasteiger charge is -2.20. The van der Waals surface area contributed by atoms with Crippen molar-refractivity contribution in [1.82, 2.24) is 4.98 Å². The van der Waals surface area contributed by atoms with E-state index in [9.17, 15) is 8.42 Å². The Hall–Kier alpha value is -0.880. The van der Waals surface area contributed by atoms with Gasteiger partial charge in [0.2, 0.25) is 0 Å². The van der Waals surface area contributed by atoms with Crippen molar-refractivity contribution in [3.05, 3.63) is 17.8 Å². The highest BCUT2D eigenvalue weighted by molar-refractivity contribution is 7.91. The van der Waals surface area contributed by atoms with E-state index in [2.05, 4.69) is 4.98 Å². The molecule has 0 aliphatic carbocycles. The largest absolute Gasteiger partial charge is 0.449 e. The Morgan fingerprint density at radius 2 is 2.38 bits per heavy atom. The molecule has 1 unspecified atom stereocenters. The fourth-order valence-corrected chi connectivity index (χ4v) is 3.84. The van der Waals surface area contributed by atoms with E-state index in [0.717, 1.165) is 12.8 Å². The maximum atomic E-state index is 11.4. The van der Waals surface area contributed by atoms with Crippen LogP contribution in [-0.2, 0) is 22.8 Å². The van der Waals surface area contributed by atoms with E-state index in [1.165, 1.54) is 6.26 Å². The van der Waals surface area contributed by atoms with Crippen molar-refractivity contribution in [2.75, 3.05) is 11.5 Å². The highest BCUT2D eigenvalue weighted by atomic mass is 32.2. The van der Waals surface area contributed by atoms with Crippen LogP contribution in [0.5, 0.6) is 0 Å². The molecule has 1 aromatic heterocycles. The first kappa shape index (κ1) is 11.6. The molecule has 0 amide bonds. The van der Waals surface area contributed by atoms with Crippen molar-refractivity contribution in [1.29, 1.82) is 0 Å². The number of hydrogen-bond acceptors (Lipinski definition) is 5. The SMILES string of the molecule is NCc1coc(CC2CCCS(=O)(=O)C2)n1. The van der Waals surface area contributed by atoms with Gasteiger partial charge < -0.3 is 10.2 Å². The minimum atomic E-state index is -2.84. The molecule has 1 atom stereocenters. The Labute approximate surface area is 95.0 Å². The molecular weight excluding hydrogens is 228 g/mol. The highest BCUT2D eigenvalue weighted by Gasteiger charge is 2.26. The van der Waals surface area contributed by atoms with Crippen molar-refractivity contribution in [3.8, 4) is 0 Å². The Balaban J connectivity index is 1.99. The number of nitrogens with two attached hydrogens (primary N) is 1. The van der Waals surface area contributed by atoms with Crippen molar-refractivity contribution < 1.29 is 12.8 Å². The molecule has 1 aromatic rings. The standard InChI is InChI=1S/C10H16N2O3S/c11-5-9-6-15-10(12-9)4-8-2-1-3-16(13,14)7-8/h6,8H,1-5,7,11H2. The molecule has 90 valence electrons. The van der Waals surface area contributed by atoms with Crippen molar-refractivity contribution in [3.63, 3.8) is 0 Å². The predicted molar refractivity (Wildman–Crippen MR) is 59.5 cm³/mol. The van der Waals surface area contributed by atoms with Crippen LogP contribution in [-0.4, -0.2) is 24.9 Å². The minimum absolute atomic E-state index is 0.142. The quantitative estimate of drug-likeness (QED) is 0.836. The molecule has 1 fully saturated rings. The minimum Gasteiger partial charge on any atom is -0.449 e. The van der Waals surface area contributed by atoms with E-state index in [4.69, 9.17) is 10.2 Å². The zero-order chi connectivity index (χ0) is 11.6. The number of oxazole rings is 1. The van der Waals surface area contributed by atoms with E-state index in [-0.39, 0.29) is 11.7 Å². The van der Waals surface area contributed by atoms with Gasteiger partial charge in [-0.3, -0.25) is 0 Å². The van der Waals surface area contributed by atoms with Crippen LogP contribution in [0.15, 0.2) is 10.7 Å². The number of hydrogen-bond donors (Lipinski definition) is 1. The summed E-state index contributed by atoms with van der Waals surface area (Å²) in [6.07, 6.45) is 3.81. The molecule has 0 bridgehead atoms. The molecule has 2 heterocycles. The van der Waals surface area contributed by atoms with Crippen LogP contribution in [0.25, 0.3) is 0 Å². The number of rotatable bonds is 3. The molecule has 0 radical (unpaired) electrons. The summed E-state index contributed by atoms with van der Waals surface area (Å²) < 4.78 is 28.1. The maximum absolute atomic E-state index is 11.4. The smallest absolute Gasteiger partial charge is 0.194 e. The topological polar surface area (TPSA) is 86.2 Å². The van der Waals surface area contributed by atoms with Crippen LogP contribution < -0.4 is 5.73 Å². The summed E-state index contributed by atoms with van der Waals surface area (Å²) in [5, 5.41) is 0. The second kappa shape index (κ2) is 4.55. The van der Waals surface area contributed by atoms with Crippen molar-refractivity contribution in [2.24, 2.45) is 11.7 Å². The van der Waals surface area contributed by atoms with Gasteiger partial charge in [0, 0.05) is 13.0 Å². The summed E-state index contributed by atoms with van der Waals surface area (Å²) in [5.74, 6) is 1.32. The van der Waals surface area contributed by atoms with Crippen LogP contribution in [0, 0.1) is 5.92 Å². The van der Waals surface area contributed by atoms with Gasteiger partial charge in [-0.25, -0.2) is 13.4 Å². The number of aromatic nitrogens is 1. The Kier molecular flexibility index (Phi) is 3.30. The predicted octanol–water partition coefficient (Wildman–Crippen LogP) is 0.501. The first-order valence-electron chi connectivity index (χ1n) is 5.43. The molecule has 2 rings (SSSR count). The van der Waals surface area contributed by atoms with Gasteiger partial charge >= 0.3 is 0 Å². The summed E-state index contributed by atoms with van der Waals surface area (Å²) in [5.41, 5.74) is 6.14. The third kappa shape index (κ3) is 2.82. The molecule has 0 spiro atoms. The highest BCUT2D eigenvalue weighted by Crippen LogP contribution is 2.22. The van der Waals surface area contributed by atoms with Crippen LogP contribution in [0.2, 0.25) is 0 Å². The van der Waals surface area contributed by atoms with E-state index in [1.807, 2.05) is 0 Å². The fourth-order valence-electron chi connectivity index (χ4n) is 2.06. The zero-order valence-corrected chi connectivity index (χ0v) is 9.87. The lowest BCUT2D eigenvalue weighted by atomic mass is 10.0. The van der Waals surface area contributed by atoms with Crippen LogP contribution >= 0.6 is 0 Å². The second-order valence-corrected chi connectivity index (χ2v) is 6.49. The average molecular weight is 244 g/mol. The normalized spacial score (nSPS) is 24.4. The Morgan fingerprint density at radius 1 is 1.56 bits per heavy atom. The van der Waals surface area contributed by atoms with E-state index in [1.54, 1.807) is 0 Å². The molecule has 6 heteroatoms. The third-order valence-corrected chi connectivity index (χ3v) is 4.72. The molecule has 2 N–H and O–H groups in total. The average Bonchev–Trinajstić information content (AvgIpc) is 2.64. The number of nitrogens with zero attached hydrogens (tertiary/aromatic N) is 1. The van der Waals surface area contributed by atoms with Crippen molar-refractivity contribution >= 4 is 9.84 Å². The molecule has 1 saturated heterocycles. The van der Waals surface area contributed by atoms with Crippen molar-refractivity contribution in [2.45, 2.75) is 25.8 Å². The lowest BCUT2D eigenvalue weighted by Crippen LogP contribution is -2.26. The molecule has 5 nitrogen and oxygen atoms in total. The second-order valence-electron chi connectivity index (χ2n) is 4.26. The molecule has 0 aromatic carbocycles. The van der Waals surface area contributed by atoms with Crippen LogP contribution in [0.3, 0.4) is 0 Å².